The zero-order valence-corrected chi connectivity index (χ0v) is 16.6. The molecule has 0 aliphatic carbocycles. The largest absolute Gasteiger partial charge is 0.497 e. The van der Waals surface area contributed by atoms with Crippen molar-refractivity contribution in [1.29, 1.82) is 0 Å². The van der Waals surface area contributed by atoms with Gasteiger partial charge in [-0.3, -0.25) is 9.59 Å². The van der Waals surface area contributed by atoms with Gasteiger partial charge in [-0.25, -0.2) is 5.43 Å². The second-order valence-corrected chi connectivity index (χ2v) is 5.73. The lowest BCUT2D eigenvalue weighted by Gasteiger charge is -2.13. The molecule has 29 heavy (non-hydrogen) atoms. The summed E-state index contributed by atoms with van der Waals surface area (Å²) in [5.41, 5.74) is 3.75. The highest BCUT2D eigenvalue weighted by Crippen LogP contribution is 2.38. The third-order valence-corrected chi connectivity index (χ3v) is 3.65. The third kappa shape index (κ3) is 6.42. The molecule has 2 aromatic rings. The first-order valence-corrected chi connectivity index (χ1v) is 8.61. The average molecular weight is 401 g/mol. The molecule has 0 bridgehead atoms. The molecule has 0 heterocycles. The van der Waals surface area contributed by atoms with Crippen LogP contribution < -0.4 is 29.7 Å². The van der Waals surface area contributed by atoms with Gasteiger partial charge in [-0.2, -0.15) is 5.10 Å². The first-order chi connectivity index (χ1) is 14.0. The Bertz CT molecular complexity index is 873. The number of hydrogen-bond donors (Lipinski definition) is 2. The maximum Gasteiger partial charge on any atom is 0.308 e. The number of hydrazone groups is 1. The summed E-state index contributed by atoms with van der Waals surface area (Å²) in [6.07, 6.45) is 1.42. The van der Waals surface area contributed by atoms with E-state index >= 15 is 0 Å². The summed E-state index contributed by atoms with van der Waals surface area (Å²) in [6, 6.07) is 10.4. The molecule has 0 atom stereocenters. The highest BCUT2D eigenvalue weighted by molar-refractivity contribution is 5.86. The molecule has 0 aliphatic rings. The predicted molar refractivity (Wildman–Crippen MR) is 108 cm³/mol. The molecule has 0 radical (unpaired) electrons. The molecule has 0 aromatic heterocycles. The van der Waals surface area contributed by atoms with Crippen molar-refractivity contribution in [2.24, 2.45) is 5.10 Å². The molecule has 1 amide bonds. The van der Waals surface area contributed by atoms with Crippen molar-refractivity contribution >= 4 is 23.8 Å². The van der Waals surface area contributed by atoms with E-state index < -0.39 is 5.97 Å². The smallest absolute Gasteiger partial charge is 0.308 e. The van der Waals surface area contributed by atoms with Gasteiger partial charge in [0.15, 0.2) is 11.5 Å². The molecule has 0 spiro atoms. The van der Waals surface area contributed by atoms with Crippen LogP contribution in [0.5, 0.6) is 23.0 Å². The highest BCUT2D eigenvalue weighted by atomic mass is 16.6. The Kier molecular flexibility index (Phi) is 7.84. The Labute approximate surface area is 168 Å². The Balaban J connectivity index is 1.99. The van der Waals surface area contributed by atoms with Gasteiger partial charge in [0, 0.05) is 24.2 Å². The van der Waals surface area contributed by atoms with E-state index in [1.807, 2.05) is 18.2 Å². The molecule has 9 nitrogen and oxygen atoms in total. The molecule has 154 valence electrons. The van der Waals surface area contributed by atoms with E-state index in [0.29, 0.717) is 22.8 Å². The Hall–Kier alpha value is -3.75. The predicted octanol–water partition coefficient (Wildman–Crippen LogP) is 2.20. The second-order valence-electron chi connectivity index (χ2n) is 5.73. The van der Waals surface area contributed by atoms with Crippen molar-refractivity contribution in [2.75, 3.05) is 33.2 Å². The number of methoxy groups -OCH3 is 3. The number of nitrogens with zero attached hydrogens (tertiary/aromatic N) is 1. The molecule has 0 saturated heterocycles. The van der Waals surface area contributed by atoms with Gasteiger partial charge in [-0.15, -0.1) is 0 Å². The van der Waals surface area contributed by atoms with Crippen LogP contribution in [0.25, 0.3) is 0 Å². The van der Waals surface area contributed by atoms with E-state index in [-0.39, 0.29) is 18.2 Å². The van der Waals surface area contributed by atoms with Gasteiger partial charge in [0.2, 0.25) is 5.75 Å². The van der Waals surface area contributed by atoms with Gasteiger partial charge < -0.3 is 24.3 Å². The summed E-state index contributed by atoms with van der Waals surface area (Å²) < 4.78 is 20.7. The topological polar surface area (TPSA) is 107 Å². The van der Waals surface area contributed by atoms with Crippen molar-refractivity contribution < 1.29 is 28.5 Å². The molecule has 2 rings (SSSR count). The summed E-state index contributed by atoms with van der Waals surface area (Å²) in [5, 5.41) is 6.90. The third-order valence-electron chi connectivity index (χ3n) is 3.65. The van der Waals surface area contributed by atoms with Gasteiger partial charge in [0.1, 0.15) is 5.75 Å². The molecule has 2 N–H and O–H groups in total. The number of hydrogen-bond acceptors (Lipinski definition) is 8. The molecular formula is C20H23N3O6. The number of anilines is 1. The van der Waals surface area contributed by atoms with Gasteiger partial charge in [-0.1, -0.05) is 6.07 Å². The van der Waals surface area contributed by atoms with Crippen LogP contribution in [0, 0.1) is 0 Å². The number of nitrogens with one attached hydrogen (secondary N) is 2. The molecule has 0 unspecified atom stereocenters. The number of carbonyl (C=O) groups excluding carboxylic acids is 2. The van der Waals surface area contributed by atoms with E-state index in [1.165, 1.54) is 27.4 Å². The van der Waals surface area contributed by atoms with E-state index in [0.717, 1.165) is 5.69 Å². The van der Waals surface area contributed by atoms with Crippen LogP contribution in [0.3, 0.4) is 0 Å². The van der Waals surface area contributed by atoms with Crippen molar-refractivity contribution in [2.45, 2.75) is 6.92 Å². The molecule has 2 aromatic carbocycles. The van der Waals surface area contributed by atoms with Crippen LogP contribution in [0.2, 0.25) is 0 Å². The van der Waals surface area contributed by atoms with E-state index in [1.54, 1.807) is 25.3 Å². The average Bonchev–Trinajstić information content (AvgIpc) is 2.72. The molecule has 0 fully saturated rings. The van der Waals surface area contributed by atoms with Crippen molar-refractivity contribution in [3.63, 3.8) is 0 Å². The van der Waals surface area contributed by atoms with Crippen molar-refractivity contribution in [3.8, 4) is 23.0 Å². The van der Waals surface area contributed by atoms with E-state index in [4.69, 9.17) is 18.9 Å². The van der Waals surface area contributed by atoms with Crippen LogP contribution in [-0.2, 0) is 9.59 Å². The Morgan fingerprint density at radius 3 is 2.31 bits per heavy atom. The molecule has 0 aliphatic heterocycles. The fourth-order valence-corrected chi connectivity index (χ4v) is 2.35. The highest BCUT2D eigenvalue weighted by Gasteiger charge is 2.15. The number of esters is 1. The summed E-state index contributed by atoms with van der Waals surface area (Å²) >= 11 is 0. The monoisotopic (exact) mass is 401 g/mol. The summed E-state index contributed by atoms with van der Waals surface area (Å²) in [4.78, 5) is 23.2. The number of benzene rings is 2. The molecular weight excluding hydrogens is 378 g/mol. The number of ether oxygens (including phenoxy) is 4. The fourth-order valence-electron chi connectivity index (χ4n) is 2.35. The normalized spacial score (nSPS) is 10.3. The Morgan fingerprint density at radius 2 is 1.72 bits per heavy atom. The quantitative estimate of drug-likeness (QED) is 0.287. The van der Waals surface area contributed by atoms with Crippen molar-refractivity contribution in [1.82, 2.24) is 5.43 Å². The van der Waals surface area contributed by atoms with Crippen LogP contribution in [0.4, 0.5) is 5.69 Å². The maximum absolute atomic E-state index is 12.0. The minimum atomic E-state index is -0.501. The minimum Gasteiger partial charge on any atom is -0.497 e. The van der Waals surface area contributed by atoms with Gasteiger partial charge in [0.25, 0.3) is 5.91 Å². The minimum absolute atomic E-state index is 0.0303. The number of amides is 1. The summed E-state index contributed by atoms with van der Waals surface area (Å²) in [6.45, 7) is 1.31. The molecule has 9 heteroatoms. The van der Waals surface area contributed by atoms with Crippen LogP contribution in [0.15, 0.2) is 41.5 Å². The van der Waals surface area contributed by atoms with Gasteiger partial charge >= 0.3 is 5.97 Å². The Morgan fingerprint density at radius 1 is 1.03 bits per heavy atom. The first kappa shape index (κ1) is 21.5. The van der Waals surface area contributed by atoms with Crippen LogP contribution in [-0.4, -0.2) is 46.0 Å². The van der Waals surface area contributed by atoms with Gasteiger partial charge in [-0.05, 0) is 24.3 Å². The number of rotatable bonds is 9. The lowest BCUT2D eigenvalue weighted by atomic mass is 10.2. The number of carbonyl (C=O) groups is 2. The zero-order valence-electron chi connectivity index (χ0n) is 16.6. The summed E-state index contributed by atoms with van der Waals surface area (Å²) in [5.74, 6) is 0.622. The standard InChI is InChI=1S/C20H23N3O6/c1-13(24)29-20-17(27-3)8-14(9-18(20)28-4)11-22-23-19(25)12-21-15-6-5-7-16(10-15)26-2/h5-11,21H,12H2,1-4H3,(H,23,25)/b22-11-. The zero-order chi connectivity index (χ0) is 21.2. The molecule has 0 saturated carbocycles. The van der Waals surface area contributed by atoms with Crippen LogP contribution >= 0.6 is 0 Å². The second kappa shape index (κ2) is 10.5. The lowest BCUT2D eigenvalue weighted by molar-refractivity contribution is -0.132. The maximum atomic E-state index is 12.0. The van der Waals surface area contributed by atoms with Crippen molar-refractivity contribution in [3.05, 3.63) is 42.0 Å². The van der Waals surface area contributed by atoms with Crippen LogP contribution in [0.1, 0.15) is 12.5 Å². The fraction of sp³-hybridized carbons (Fsp3) is 0.250. The first-order valence-electron chi connectivity index (χ1n) is 8.61. The van der Waals surface area contributed by atoms with Gasteiger partial charge in [0.05, 0.1) is 34.1 Å². The SMILES string of the molecule is COc1cccc(NCC(=O)N/N=C\c2cc(OC)c(OC(C)=O)c(OC)c2)c1. The summed E-state index contributed by atoms with van der Waals surface area (Å²) in [7, 11) is 4.45. The van der Waals surface area contributed by atoms with E-state index in [9.17, 15) is 9.59 Å². The lowest BCUT2D eigenvalue weighted by Crippen LogP contribution is -2.25. The van der Waals surface area contributed by atoms with E-state index in [2.05, 4.69) is 15.8 Å².